The van der Waals surface area contributed by atoms with Crippen LogP contribution in [0.2, 0.25) is 0 Å². The molecule has 2 rings (SSSR count). The second kappa shape index (κ2) is 8.00. The van der Waals surface area contributed by atoms with Crippen LogP contribution in [-0.4, -0.2) is 52.5 Å². The van der Waals surface area contributed by atoms with Gasteiger partial charge in [0, 0.05) is 32.8 Å². The Hall–Kier alpha value is -1.58. The molecule has 24 heavy (non-hydrogen) atoms. The van der Waals surface area contributed by atoms with E-state index in [2.05, 4.69) is 15.3 Å². The first-order chi connectivity index (χ1) is 11.4. The Morgan fingerprint density at radius 2 is 2.12 bits per heavy atom. The minimum Gasteiger partial charge on any atom is -0.351 e. The van der Waals surface area contributed by atoms with Gasteiger partial charge < -0.3 is 5.32 Å². The second-order valence-electron chi connectivity index (χ2n) is 5.68. The molecule has 1 amide bonds. The third kappa shape index (κ3) is 4.08. The summed E-state index contributed by atoms with van der Waals surface area (Å²) in [5.74, 6) is 0.354. The van der Waals surface area contributed by atoms with Crippen LogP contribution in [0.1, 0.15) is 51.2 Å². The third-order valence-electron chi connectivity index (χ3n) is 4.08. The predicted octanol–water partition coefficient (Wildman–Crippen LogP) is 0.836. The summed E-state index contributed by atoms with van der Waals surface area (Å²) in [4.78, 5) is 19.8. The molecule has 134 valence electrons. The molecule has 1 unspecified atom stereocenters. The molecular weight excluding hydrogens is 330 g/mol. The Labute approximate surface area is 143 Å². The smallest absolute Gasteiger partial charge is 0.282 e. The number of rotatable bonds is 7. The average Bonchev–Trinajstić information content (AvgIpc) is 3.04. The highest BCUT2D eigenvalue weighted by Crippen LogP contribution is 2.33. The average molecular weight is 355 g/mol. The van der Waals surface area contributed by atoms with Gasteiger partial charge in [0.1, 0.15) is 5.82 Å². The van der Waals surface area contributed by atoms with E-state index in [9.17, 15) is 13.2 Å². The van der Waals surface area contributed by atoms with Gasteiger partial charge in [-0.1, -0.05) is 13.8 Å². The fourth-order valence-corrected chi connectivity index (χ4v) is 4.69. The van der Waals surface area contributed by atoms with Gasteiger partial charge in [-0.2, -0.15) is 17.0 Å². The zero-order valence-corrected chi connectivity index (χ0v) is 15.2. The van der Waals surface area contributed by atoms with E-state index in [0.717, 1.165) is 6.42 Å². The van der Waals surface area contributed by atoms with Crippen LogP contribution in [0.4, 0.5) is 0 Å². The molecule has 1 atom stereocenters. The van der Waals surface area contributed by atoms with Crippen molar-refractivity contribution in [2.24, 2.45) is 0 Å². The maximum atomic E-state index is 12.8. The second-order valence-corrected chi connectivity index (χ2v) is 7.56. The zero-order chi connectivity index (χ0) is 17.7. The molecule has 1 aliphatic heterocycles. The van der Waals surface area contributed by atoms with Crippen molar-refractivity contribution in [1.82, 2.24) is 23.9 Å². The molecule has 1 aromatic rings. The van der Waals surface area contributed by atoms with E-state index in [0.29, 0.717) is 44.1 Å². The maximum absolute atomic E-state index is 12.8. The predicted molar refractivity (Wildman–Crippen MR) is 90.1 cm³/mol. The van der Waals surface area contributed by atoms with Crippen LogP contribution in [0.25, 0.3) is 0 Å². The van der Waals surface area contributed by atoms with Gasteiger partial charge in [-0.15, -0.1) is 0 Å². The van der Waals surface area contributed by atoms with Gasteiger partial charge in [-0.25, -0.2) is 9.97 Å². The van der Waals surface area contributed by atoms with Crippen LogP contribution in [0.5, 0.6) is 0 Å². The van der Waals surface area contributed by atoms with Gasteiger partial charge in [-0.3, -0.25) is 4.79 Å². The van der Waals surface area contributed by atoms with E-state index in [-0.39, 0.29) is 11.9 Å². The summed E-state index contributed by atoms with van der Waals surface area (Å²) in [6, 6.07) is 1.37. The minimum atomic E-state index is -3.52. The molecule has 0 aliphatic carbocycles. The Morgan fingerprint density at radius 1 is 1.42 bits per heavy atom. The number of hydrogen-bond acceptors (Lipinski definition) is 5. The lowest BCUT2D eigenvalue weighted by molar-refractivity contribution is -0.119. The van der Waals surface area contributed by atoms with Crippen molar-refractivity contribution < 1.29 is 13.2 Å². The van der Waals surface area contributed by atoms with Crippen molar-refractivity contribution in [3.05, 3.63) is 23.8 Å². The van der Waals surface area contributed by atoms with Gasteiger partial charge >= 0.3 is 0 Å². The molecular formula is C15H25N5O3S. The first-order valence-electron chi connectivity index (χ1n) is 8.23. The van der Waals surface area contributed by atoms with Crippen molar-refractivity contribution in [2.75, 3.05) is 19.6 Å². The number of amides is 1. The van der Waals surface area contributed by atoms with Gasteiger partial charge in [0.25, 0.3) is 10.2 Å². The van der Waals surface area contributed by atoms with E-state index < -0.39 is 10.2 Å². The lowest BCUT2D eigenvalue weighted by Gasteiger charge is -2.29. The summed E-state index contributed by atoms with van der Waals surface area (Å²) in [6.45, 7) is 6.75. The first-order valence-corrected chi connectivity index (χ1v) is 9.63. The molecule has 1 fully saturated rings. The molecule has 1 N–H and O–H groups in total. The maximum Gasteiger partial charge on any atom is 0.282 e. The molecule has 1 aliphatic rings. The molecule has 0 bridgehead atoms. The Morgan fingerprint density at radius 3 is 2.75 bits per heavy atom. The Kier molecular flexibility index (Phi) is 6.25. The largest absolute Gasteiger partial charge is 0.351 e. The highest BCUT2D eigenvalue weighted by atomic mass is 32.2. The molecule has 1 saturated heterocycles. The van der Waals surface area contributed by atoms with Gasteiger partial charge in [0.15, 0.2) is 0 Å². The topological polar surface area (TPSA) is 95.5 Å². The summed E-state index contributed by atoms with van der Waals surface area (Å²) >= 11 is 0. The standard InChI is InChI=1S/C15H25N5O3S/c1-4-19(5-2)24(22,23)20-10-6-7-14(20)15-16-9-8-13(18-15)11-17-12(3)21/h8-9,14H,4-7,10-11H2,1-3H3,(H,17,21). The van der Waals surface area contributed by atoms with E-state index in [1.54, 1.807) is 12.3 Å². The lowest BCUT2D eigenvalue weighted by Crippen LogP contribution is -2.43. The molecule has 8 nitrogen and oxygen atoms in total. The molecule has 0 aromatic carbocycles. The summed E-state index contributed by atoms with van der Waals surface area (Å²) in [7, 11) is -3.52. The Bertz CT molecular complexity index is 675. The number of nitrogens with one attached hydrogen (secondary N) is 1. The SMILES string of the molecule is CCN(CC)S(=O)(=O)N1CCCC1c1nccc(CNC(C)=O)n1. The number of hydrogen-bond donors (Lipinski definition) is 1. The lowest BCUT2D eigenvalue weighted by atomic mass is 10.2. The highest BCUT2D eigenvalue weighted by molar-refractivity contribution is 7.86. The molecule has 2 heterocycles. The minimum absolute atomic E-state index is 0.137. The number of aromatic nitrogens is 2. The quantitative estimate of drug-likeness (QED) is 0.782. The van der Waals surface area contributed by atoms with E-state index in [1.165, 1.54) is 15.5 Å². The summed E-state index contributed by atoms with van der Waals surface area (Å²) in [5, 5.41) is 2.69. The van der Waals surface area contributed by atoms with Crippen molar-refractivity contribution in [1.29, 1.82) is 0 Å². The molecule has 0 saturated carbocycles. The van der Waals surface area contributed by atoms with Crippen molar-refractivity contribution >= 4 is 16.1 Å². The number of nitrogens with zero attached hydrogens (tertiary/aromatic N) is 4. The van der Waals surface area contributed by atoms with Crippen LogP contribution in [0.3, 0.4) is 0 Å². The van der Waals surface area contributed by atoms with Crippen LogP contribution >= 0.6 is 0 Å². The molecule has 0 spiro atoms. The van der Waals surface area contributed by atoms with Crippen LogP contribution in [0, 0.1) is 0 Å². The van der Waals surface area contributed by atoms with Crippen LogP contribution in [-0.2, 0) is 21.5 Å². The summed E-state index contributed by atoms with van der Waals surface area (Å²) < 4.78 is 28.6. The fraction of sp³-hybridized carbons (Fsp3) is 0.667. The van der Waals surface area contributed by atoms with Crippen LogP contribution < -0.4 is 5.32 Å². The normalized spacial score (nSPS) is 18.9. The van der Waals surface area contributed by atoms with Gasteiger partial charge in [0.05, 0.1) is 18.3 Å². The van der Waals surface area contributed by atoms with Crippen molar-refractivity contribution in [3.63, 3.8) is 0 Å². The van der Waals surface area contributed by atoms with Crippen LogP contribution in [0.15, 0.2) is 12.3 Å². The van der Waals surface area contributed by atoms with E-state index in [1.807, 2.05) is 13.8 Å². The fourth-order valence-electron chi connectivity index (χ4n) is 2.86. The molecule has 0 radical (unpaired) electrons. The Balaban J connectivity index is 2.24. The first kappa shape index (κ1) is 18.8. The van der Waals surface area contributed by atoms with Gasteiger partial charge in [-0.05, 0) is 18.9 Å². The highest BCUT2D eigenvalue weighted by Gasteiger charge is 2.39. The zero-order valence-electron chi connectivity index (χ0n) is 14.4. The third-order valence-corrected chi connectivity index (χ3v) is 6.28. The number of carbonyl (C=O) groups is 1. The van der Waals surface area contributed by atoms with E-state index in [4.69, 9.17) is 0 Å². The molecule has 1 aromatic heterocycles. The van der Waals surface area contributed by atoms with Crippen molar-refractivity contribution in [3.8, 4) is 0 Å². The monoisotopic (exact) mass is 355 g/mol. The van der Waals surface area contributed by atoms with Crippen molar-refractivity contribution in [2.45, 2.75) is 46.2 Å². The van der Waals surface area contributed by atoms with E-state index >= 15 is 0 Å². The summed E-state index contributed by atoms with van der Waals surface area (Å²) in [5.41, 5.74) is 0.669. The molecule has 9 heteroatoms. The van der Waals surface area contributed by atoms with Gasteiger partial charge in [0.2, 0.25) is 5.91 Å². The summed E-state index contributed by atoms with van der Waals surface area (Å²) in [6.07, 6.45) is 3.09. The number of carbonyl (C=O) groups excluding carboxylic acids is 1.